The first-order chi connectivity index (χ1) is 9.30. The van der Waals surface area contributed by atoms with Crippen LogP contribution in [0.15, 0.2) is 23.1 Å². The van der Waals surface area contributed by atoms with Gasteiger partial charge in [-0.3, -0.25) is 4.79 Å². The third kappa shape index (κ3) is 2.91. The fourth-order valence-electron chi connectivity index (χ4n) is 2.05. The zero-order valence-corrected chi connectivity index (χ0v) is 11.9. The second-order valence-electron chi connectivity index (χ2n) is 4.73. The molecule has 110 valence electrons. The maximum absolute atomic E-state index is 13.3. The zero-order valence-electron chi connectivity index (χ0n) is 11.0. The van der Waals surface area contributed by atoms with Crippen LogP contribution in [0.5, 0.6) is 0 Å². The predicted octanol–water partition coefficient (Wildman–Crippen LogP) is 0.261. The smallest absolute Gasteiger partial charge is 0.243 e. The van der Waals surface area contributed by atoms with Crippen molar-refractivity contribution in [2.24, 2.45) is 0 Å². The zero-order chi connectivity index (χ0) is 14.9. The van der Waals surface area contributed by atoms with E-state index in [-0.39, 0.29) is 29.6 Å². The number of rotatable bonds is 2. The number of nitrogen functional groups attached to an aromatic ring is 1. The van der Waals surface area contributed by atoms with Crippen LogP contribution in [0, 0.1) is 5.82 Å². The van der Waals surface area contributed by atoms with E-state index in [9.17, 15) is 17.6 Å². The summed E-state index contributed by atoms with van der Waals surface area (Å²) in [4.78, 5) is 13.0. The minimum atomic E-state index is -3.92. The molecule has 1 aromatic rings. The molecule has 1 aromatic carbocycles. The molecule has 2 N–H and O–H groups in total. The molecule has 1 aliphatic rings. The summed E-state index contributed by atoms with van der Waals surface area (Å²) in [6, 6.07) is 3.14. The molecule has 1 aliphatic heterocycles. The van der Waals surface area contributed by atoms with Crippen molar-refractivity contribution in [1.82, 2.24) is 9.21 Å². The Labute approximate surface area is 117 Å². The van der Waals surface area contributed by atoms with Crippen LogP contribution in [0.25, 0.3) is 0 Å². The van der Waals surface area contributed by atoms with Crippen LogP contribution in [0.3, 0.4) is 0 Å². The molecule has 0 bridgehead atoms. The predicted molar refractivity (Wildman–Crippen MR) is 71.8 cm³/mol. The van der Waals surface area contributed by atoms with E-state index in [0.29, 0.717) is 13.0 Å². The minimum absolute atomic E-state index is 0.0295. The molecular weight excluding hydrogens is 285 g/mol. The van der Waals surface area contributed by atoms with Crippen LogP contribution < -0.4 is 5.73 Å². The molecule has 0 unspecified atom stereocenters. The molecule has 0 radical (unpaired) electrons. The lowest BCUT2D eigenvalue weighted by Gasteiger charge is -2.19. The Kier molecular flexibility index (Phi) is 3.96. The summed E-state index contributed by atoms with van der Waals surface area (Å²) in [5.41, 5.74) is 5.50. The van der Waals surface area contributed by atoms with Crippen LogP contribution in [-0.4, -0.2) is 50.2 Å². The standard InChI is InChI=1S/C12H16FN3O3S/c1-15-3-2-4-16(8-12(15)17)20(18,19)11-6-9(13)5-10(14)7-11/h5-7H,2-4,8,14H2,1H3. The Morgan fingerprint density at radius 2 is 1.95 bits per heavy atom. The number of anilines is 1. The van der Waals surface area contributed by atoms with E-state index < -0.39 is 15.8 Å². The Morgan fingerprint density at radius 1 is 1.25 bits per heavy atom. The lowest BCUT2D eigenvalue weighted by Crippen LogP contribution is -2.38. The van der Waals surface area contributed by atoms with Gasteiger partial charge in [-0.15, -0.1) is 0 Å². The molecule has 0 aromatic heterocycles. The highest BCUT2D eigenvalue weighted by Gasteiger charge is 2.30. The van der Waals surface area contributed by atoms with Gasteiger partial charge in [0.1, 0.15) is 5.82 Å². The molecule has 0 spiro atoms. The summed E-state index contributed by atoms with van der Waals surface area (Å²) in [5.74, 6) is -1.00. The second kappa shape index (κ2) is 5.37. The Morgan fingerprint density at radius 3 is 2.60 bits per heavy atom. The monoisotopic (exact) mass is 301 g/mol. The molecule has 20 heavy (non-hydrogen) atoms. The van der Waals surface area contributed by atoms with Crippen LogP contribution in [-0.2, 0) is 14.8 Å². The number of likely N-dealkylation sites (N-methyl/N-ethyl adjacent to an activating group) is 1. The van der Waals surface area contributed by atoms with E-state index in [2.05, 4.69) is 0 Å². The van der Waals surface area contributed by atoms with Crippen LogP contribution in [0.1, 0.15) is 6.42 Å². The number of sulfonamides is 1. The second-order valence-corrected chi connectivity index (χ2v) is 6.67. The maximum atomic E-state index is 13.3. The summed E-state index contributed by atoms with van der Waals surface area (Å²) >= 11 is 0. The van der Waals surface area contributed by atoms with Crippen molar-refractivity contribution >= 4 is 21.6 Å². The lowest BCUT2D eigenvalue weighted by atomic mass is 10.3. The number of amides is 1. The molecule has 0 saturated carbocycles. The molecular formula is C12H16FN3O3S. The SMILES string of the molecule is CN1CCCN(S(=O)(=O)c2cc(N)cc(F)c2)CC1=O. The lowest BCUT2D eigenvalue weighted by molar-refractivity contribution is -0.129. The third-order valence-electron chi connectivity index (χ3n) is 3.17. The molecule has 1 saturated heterocycles. The minimum Gasteiger partial charge on any atom is -0.399 e. The van der Waals surface area contributed by atoms with Crippen molar-refractivity contribution < 1.29 is 17.6 Å². The number of hydrogen-bond acceptors (Lipinski definition) is 4. The number of carbonyl (C=O) groups excluding carboxylic acids is 1. The van der Waals surface area contributed by atoms with Crippen molar-refractivity contribution in [3.8, 4) is 0 Å². The van der Waals surface area contributed by atoms with E-state index in [0.717, 1.165) is 16.4 Å². The Balaban J connectivity index is 2.36. The summed E-state index contributed by atoms with van der Waals surface area (Å²) in [5, 5.41) is 0. The Bertz CT molecular complexity index is 613. The van der Waals surface area contributed by atoms with Crippen molar-refractivity contribution in [2.45, 2.75) is 11.3 Å². The van der Waals surface area contributed by atoms with E-state index in [4.69, 9.17) is 5.73 Å². The van der Waals surface area contributed by atoms with Crippen molar-refractivity contribution in [2.75, 3.05) is 32.4 Å². The number of benzene rings is 1. The van der Waals surface area contributed by atoms with Crippen LogP contribution in [0.4, 0.5) is 10.1 Å². The highest BCUT2D eigenvalue weighted by Crippen LogP contribution is 2.21. The first-order valence-corrected chi connectivity index (χ1v) is 7.55. The van der Waals surface area contributed by atoms with Gasteiger partial charge >= 0.3 is 0 Å². The topological polar surface area (TPSA) is 83.7 Å². The van der Waals surface area contributed by atoms with E-state index in [1.165, 1.54) is 11.0 Å². The first kappa shape index (κ1) is 14.7. The molecule has 8 heteroatoms. The number of nitrogens with zero attached hydrogens (tertiary/aromatic N) is 2. The van der Waals surface area contributed by atoms with Crippen molar-refractivity contribution in [3.63, 3.8) is 0 Å². The maximum Gasteiger partial charge on any atom is 0.243 e. The fraction of sp³-hybridized carbons (Fsp3) is 0.417. The summed E-state index contributed by atoms with van der Waals surface area (Å²) < 4.78 is 39.2. The molecule has 1 fully saturated rings. The van der Waals surface area contributed by atoms with Gasteiger partial charge in [-0.2, -0.15) is 4.31 Å². The highest BCUT2D eigenvalue weighted by molar-refractivity contribution is 7.89. The quantitative estimate of drug-likeness (QED) is 0.794. The summed E-state index contributed by atoms with van der Waals surface area (Å²) in [6.07, 6.45) is 0.534. The first-order valence-electron chi connectivity index (χ1n) is 6.11. The van der Waals surface area contributed by atoms with Crippen LogP contribution in [0.2, 0.25) is 0 Å². The van der Waals surface area contributed by atoms with E-state index in [1.54, 1.807) is 7.05 Å². The summed E-state index contributed by atoms with van der Waals surface area (Å²) in [7, 11) is -2.30. The average Bonchev–Trinajstić information content (AvgIpc) is 2.51. The normalized spacial score (nSPS) is 18.1. The molecule has 6 nitrogen and oxygen atoms in total. The largest absolute Gasteiger partial charge is 0.399 e. The van der Waals surface area contributed by atoms with Gasteiger partial charge in [-0.25, -0.2) is 12.8 Å². The fourth-order valence-corrected chi connectivity index (χ4v) is 3.54. The van der Waals surface area contributed by atoms with E-state index in [1.807, 2.05) is 0 Å². The number of halogens is 1. The van der Waals surface area contributed by atoms with Gasteiger partial charge in [0, 0.05) is 25.8 Å². The average molecular weight is 301 g/mol. The van der Waals surface area contributed by atoms with Gasteiger partial charge in [0.25, 0.3) is 0 Å². The van der Waals surface area contributed by atoms with Gasteiger partial charge in [0.15, 0.2) is 0 Å². The number of carbonyl (C=O) groups is 1. The van der Waals surface area contributed by atoms with Crippen LogP contribution >= 0.6 is 0 Å². The van der Waals surface area contributed by atoms with E-state index >= 15 is 0 Å². The van der Waals surface area contributed by atoms with Gasteiger partial charge < -0.3 is 10.6 Å². The van der Waals surface area contributed by atoms with Gasteiger partial charge in [0.2, 0.25) is 15.9 Å². The third-order valence-corrected chi connectivity index (χ3v) is 4.99. The van der Waals surface area contributed by atoms with Crippen molar-refractivity contribution in [3.05, 3.63) is 24.0 Å². The molecule has 2 rings (SSSR count). The number of nitrogens with two attached hydrogens (primary N) is 1. The molecule has 0 aliphatic carbocycles. The van der Waals surface area contributed by atoms with Gasteiger partial charge in [-0.1, -0.05) is 0 Å². The number of hydrogen-bond donors (Lipinski definition) is 1. The van der Waals surface area contributed by atoms with Crippen molar-refractivity contribution in [1.29, 1.82) is 0 Å². The summed E-state index contributed by atoms with van der Waals surface area (Å²) in [6.45, 7) is 0.472. The molecule has 0 atom stereocenters. The van der Waals surface area contributed by atoms with Gasteiger partial charge in [0.05, 0.1) is 11.4 Å². The van der Waals surface area contributed by atoms with Gasteiger partial charge in [-0.05, 0) is 24.6 Å². The molecule has 1 heterocycles. The Hall–Kier alpha value is -1.67. The highest BCUT2D eigenvalue weighted by atomic mass is 32.2. The molecule has 1 amide bonds.